The predicted octanol–water partition coefficient (Wildman–Crippen LogP) is 2.95. The Morgan fingerprint density at radius 1 is 1.41 bits per heavy atom. The maximum Gasteiger partial charge on any atom is 0.410 e. The van der Waals surface area contributed by atoms with E-state index in [0.29, 0.717) is 12.5 Å². The first-order valence-corrected chi connectivity index (χ1v) is 7.67. The van der Waals surface area contributed by atoms with Crippen molar-refractivity contribution in [1.82, 2.24) is 10.2 Å². The van der Waals surface area contributed by atoms with Crippen LogP contribution in [0.4, 0.5) is 4.79 Å². The number of carbonyl (C=O) groups is 1. The minimum atomic E-state index is -0.473. The normalized spacial score (nSPS) is 13.1. The van der Waals surface area contributed by atoms with E-state index >= 15 is 0 Å². The summed E-state index contributed by atoms with van der Waals surface area (Å²) in [5, 5.41) is 3.06. The van der Waals surface area contributed by atoms with Crippen molar-refractivity contribution in [3.63, 3.8) is 0 Å². The smallest absolute Gasteiger partial charge is 0.410 e. The Labute approximate surface area is 152 Å². The summed E-state index contributed by atoms with van der Waals surface area (Å²) in [6.07, 6.45) is 2.62. The monoisotopic (exact) mass is 428 g/mol. The molecule has 3 N–H and O–H groups in total. The zero-order valence-corrected chi connectivity index (χ0v) is 17.1. The van der Waals surface area contributed by atoms with Gasteiger partial charge in [-0.3, -0.25) is 4.99 Å². The average Bonchev–Trinajstić information content (AvgIpc) is 2.36. The van der Waals surface area contributed by atoms with E-state index in [1.54, 1.807) is 11.9 Å². The molecule has 0 bridgehead atoms. The van der Waals surface area contributed by atoms with Gasteiger partial charge in [-0.05, 0) is 40.5 Å². The number of unbranched alkanes of at least 4 members (excludes halogenated alkanes) is 1. The number of hydrogen-bond acceptors (Lipinski definition) is 3. The van der Waals surface area contributed by atoms with Crippen molar-refractivity contribution in [3.8, 4) is 0 Å². The van der Waals surface area contributed by atoms with Crippen molar-refractivity contribution >= 4 is 36.0 Å². The predicted molar refractivity (Wildman–Crippen MR) is 103 cm³/mol. The van der Waals surface area contributed by atoms with Crippen molar-refractivity contribution in [2.24, 2.45) is 10.7 Å². The molecular formula is C15H33IN4O2. The Hall–Kier alpha value is -0.730. The highest BCUT2D eigenvalue weighted by Gasteiger charge is 2.22. The first-order chi connectivity index (χ1) is 9.67. The lowest BCUT2D eigenvalue weighted by Crippen LogP contribution is -2.41. The molecule has 0 spiro atoms. The van der Waals surface area contributed by atoms with E-state index in [1.165, 1.54) is 0 Å². The number of nitrogens with two attached hydrogens (primary N) is 1. The summed E-state index contributed by atoms with van der Waals surface area (Å²) < 4.78 is 5.33. The summed E-state index contributed by atoms with van der Waals surface area (Å²) in [5.41, 5.74) is 5.28. The van der Waals surface area contributed by atoms with Gasteiger partial charge in [-0.25, -0.2) is 4.79 Å². The zero-order valence-electron chi connectivity index (χ0n) is 14.8. The van der Waals surface area contributed by atoms with E-state index in [9.17, 15) is 4.79 Å². The Kier molecular flexibility index (Phi) is 12.6. The van der Waals surface area contributed by atoms with Gasteiger partial charge in [-0.1, -0.05) is 13.3 Å². The molecule has 7 heteroatoms. The average molecular weight is 428 g/mol. The molecule has 0 aromatic heterocycles. The quantitative estimate of drug-likeness (QED) is 0.283. The summed E-state index contributed by atoms with van der Waals surface area (Å²) in [7, 11) is 1.75. The summed E-state index contributed by atoms with van der Waals surface area (Å²) in [6, 6.07) is 0.0655. The number of rotatable bonds is 7. The molecule has 0 saturated heterocycles. The molecule has 1 amide bonds. The standard InChI is InChI=1S/C15H32N4O2.HI/c1-7-8-10-17-13(16)18-11-9-12(2)19(6)14(20)21-15(3,4)5;/h12H,7-11H2,1-6H3,(H3,16,17,18);1H. The maximum atomic E-state index is 11.9. The summed E-state index contributed by atoms with van der Waals surface area (Å²) >= 11 is 0. The SMILES string of the molecule is CCCCN=C(N)NCCC(C)N(C)C(=O)OC(C)(C)C.I. The lowest BCUT2D eigenvalue weighted by molar-refractivity contribution is 0.0231. The number of guanidine groups is 1. The topological polar surface area (TPSA) is 80.0 Å². The fourth-order valence-corrected chi connectivity index (χ4v) is 1.53. The molecule has 1 atom stereocenters. The molecular weight excluding hydrogens is 395 g/mol. The van der Waals surface area contributed by atoms with Crippen molar-refractivity contribution in [2.45, 2.75) is 65.5 Å². The molecule has 0 aliphatic rings. The highest BCUT2D eigenvalue weighted by atomic mass is 127. The minimum Gasteiger partial charge on any atom is -0.444 e. The van der Waals surface area contributed by atoms with Gasteiger partial charge in [0.05, 0.1) is 0 Å². The lowest BCUT2D eigenvalue weighted by Gasteiger charge is -2.28. The number of carbonyl (C=O) groups excluding carboxylic acids is 1. The van der Waals surface area contributed by atoms with E-state index in [4.69, 9.17) is 10.5 Å². The first-order valence-electron chi connectivity index (χ1n) is 7.67. The molecule has 22 heavy (non-hydrogen) atoms. The molecule has 0 aromatic carbocycles. The zero-order chi connectivity index (χ0) is 16.5. The number of nitrogens with zero attached hydrogens (tertiary/aromatic N) is 2. The van der Waals surface area contributed by atoms with Gasteiger partial charge >= 0.3 is 6.09 Å². The molecule has 1 unspecified atom stereocenters. The van der Waals surface area contributed by atoms with Gasteiger partial charge in [0, 0.05) is 26.2 Å². The van der Waals surface area contributed by atoms with Crippen LogP contribution in [0.15, 0.2) is 4.99 Å². The van der Waals surface area contributed by atoms with E-state index in [2.05, 4.69) is 17.2 Å². The molecule has 0 rings (SSSR count). The highest BCUT2D eigenvalue weighted by molar-refractivity contribution is 14.0. The number of nitrogens with one attached hydrogen (secondary N) is 1. The Morgan fingerprint density at radius 2 is 2.00 bits per heavy atom. The minimum absolute atomic E-state index is 0. The van der Waals surface area contributed by atoms with Crippen LogP contribution in [0, 0.1) is 0 Å². The number of aliphatic imine (C=N–C) groups is 1. The second kappa shape index (κ2) is 11.8. The van der Waals surface area contributed by atoms with Crippen LogP contribution in [0.3, 0.4) is 0 Å². The Balaban J connectivity index is 0. The van der Waals surface area contributed by atoms with Gasteiger partial charge in [-0.2, -0.15) is 0 Å². The largest absolute Gasteiger partial charge is 0.444 e. The molecule has 132 valence electrons. The van der Waals surface area contributed by atoms with Crippen LogP contribution in [0.5, 0.6) is 0 Å². The Morgan fingerprint density at radius 3 is 2.50 bits per heavy atom. The fraction of sp³-hybridized carbons (Fsp3) is 0.867. The third-order valence-corrected chi connectivity index (χ3v) is 3.00. The molecule has 0 heterocycles. The summed E-state index contributed by atoms with van der Waals surface area (Å²) in [4.78, 5) is 17.7. The van der Waals surface area contributed by atoms with Crippen LogP contribution in [-0.4, -0.2) is 48.7 Å². The van der Waals surface area contributed by atoms with Gasteiger partial charge in [0.2, 0.25) is 0 Å². The van der Waals surface area contributed by atoms with Crippen LogP contribution in [0.1, 0.15) is 53.9 Å². The maximum absolute atomic E-state index is 11.9. The van der Waals surface area contributed by atoms with Crippen molar-refractivity contribution in [3.05, 3.63) is 0 Å². The summed E-state index contributed by atoms with van der Waals surface area (Å²) in [5.74, 6) is 0.468. The number of halogens is 1. The molecule has 0 radical (unpaired) electrons. The Bertz CT molecular complexity index is 343. The highest BCUT2D eigenvalue weighted by Crippen LogP contribution is 2.11. The first kappa shape index (κ1) is 23.5. The number of amides is 1. The third-order valence-electron chi connectivity index (χ3n) is 3.00. The lowest BCUT2D eigenvalue weighted by atomic mass is 10.2. The third kappa shape index (κ3) is 11.9. The fourth-order valence-electron chi connectivity index (χ4n) is 1.53. The van der Waals surface area contributed by atoms with E-state index in [1.807, 2.05) is 27.7 Å². The van der Waals surface area contributed by atoms with Crippen LogP contribution in [0.25, 0.3) is 0 Å². The van der Waals surface area contributed by atoms with Crippen molar-refractivity contribution < 1.29 is 9.53 Å². The van der Waals surface area contributed by atoms with E-state index in [-0.39, 0.29) is 36.1 Å². The van der Waals surface area contributed by atoms with Gasteiger partial charge in [0.25, 0.3) is 0 Å². The van der Waals surface area contributed by atoms with Gasteiger partial charge in [0.1, 0.15) is 5.60 Å². The van der Waals surface area contributed by atoms with E-state index in [0.717, 1.165) is 25.8 Å². The van der Waals surface area contributed by atoms with Gasteiger partial charge in [0.15, 0.2) is 5.96 Å². The van der Waals surface area contributed by atoms with Crippen molar-refractivity contribution in [1.29, 1.82) is 0 Å². The van der Waals surface area contributed by atoms with Crippen LogP contribution < -0.4 is 11.1 Å². The molecule has 6 nitrogen and oxygen atoms in total. The molecule has 0 aliphatic heterocycles. The van der Waals surface area contributed by atoms with Crippen LogP contribution in [0.2, 0.25) is 0 Å². The van der Waals surface area contributed by atoms with E-state index < -0.39 is 5.60 Å². The second-order valence-electron chi connectivity index (χ2n) is 6.28. The molecule has 0 fully saturated rings. The second-order valence-corrected chi connectivity index (χ2v) is 6.28. The summed E-state index contributed by atoms with van der Waals surface area (Å²) in [6.45, 7) is 11.1. The van der Waals surface area contributed by atoms with Gasteiger partial charge in [-0.15, -0.1) is 24.0 Å². The molecule has 0 aliphatic carbocycles. The van der Waals surface area contributed by atoms with Crippen molar-refractivity contribution in [2.75, 3.05) is 20.1 Å². The molecule has 0 aromatic rings. The molecule has 0 saturated carbocycles. The number of ether oxygens (including phenoxy) is 1. The van der Waals surface area contributed by atoms with Crippen LogP contribution in [-0.2, 0) is 4.74 Å². The van der Waals surface area contributed by atoms with Gasteiger partial charge < -0.3 is 20.7 Å². The van der Waals surface area contributed by atoms with Crippen LogP contribution >= 0.6 is 24.0 Å². The number of hydrogen-bond donors (Lipinski definition) is 2.